The molecule has 0 aromatic heterocycles. The molecule has 1 heterocycles. The number of piperazine rings is 1. The summed E-state index contributed by atoms with van der Waals surface area (Å²) in [7, 11) is 1.56. The third kappa shape index (κ3) is 7.37. The van der Waals surface area contributed by atoms with Crippen LogP contribution in [0.3, 0.4) is 0 Å². The van der Waals surface area contributed by atoms with Gasteiger partial charge in [0.25, 0.3) is 11.8 Å². The largest absolute Gasteiger partial charge is 0.497 e. The van der Waals surface area contributed by atoms with E-state index in [0.29, 0.717) is 61.1 Å². The second kappa shape index (κ2) is 13.1. The minimum absolute atomic E-state index is 0.142. The van der Waals surface area contributed by atoms with Crippen molar-refractivity contribution in [2.24, 2.45) is 5.92 Å². The molecule has 3 aromatic carbocycles. The van der Waals surface area contributed by atoms with E-state index in [1.165, 1.54) is 12.1 Å². The van der Waals surface area contributed by atoms with Crippen LogP contribution in [-0.2, 0) is 11.3 Å². The second-order valence-corrected chi connectivity index (χ2v) is 10.2. The molecule has 0 radical (unpaired) electrons. The molecule has 2 N–H and O–H groups in total. The number of nitrogens with one attached hydrogen (secondary N) is 2. The molecule has 4 rings (SSSR count). The first-order chi connectivity index (χ1) is 19.2. The van der Waals surface area contributed by atoms with Crippen LogP contribution >= 0.6 is 0 Å². The summed E-state index contributed by atoms with van der Waals surface area (Å²) < 4.78 is 18.5. The molecule has 40 heavy (non-hydrogen) atoms. The fourth-order valence-electron chi connectivity index (χ4n) is 4.57. The van der Waals surface area contributed by atoms with Crippen molar-refractivity contribution in [2.75, 3.05) is 43.5 Å². The molecule has 0 atom stereocenters. The van der Waals surface area contributed by atoms with Gasteiger partial charge in [-0.3, -0.25) is 14.4 Å². The lowest BCUT2D eigenvalue weighted by atomic mass is 10.1. The van der Waals surface area contributed by atoms with E-state index in [2.05, 4.69) is 15.5 Å². The summed E-state index contributed by atoms with van der Waals surface area (Å²) in [6, 6.07) is 17.9. The highest BCUT2D eigenvalue weighted by molar-refractivity contribution is 6.06. The van der Waals surface area contributed by atoms with E-state index in [1.54, 1.807) is 55.6 Å². The lowest BCUT2D eigenvalue weighted by Crippen LogP contribution is -2.49. The number of halogens is 1. The summed E-state index contributed by atoms with van der Waals surface area (Å²) in [5, 5.41) is 5.78. The van der Waals surface area contributed by atoms with Crippen LogP contribution in [0.4, 0.5) is 15.8 Å². The Balaban J connectivity index is 1.53. The predicted molar refractivity (Wildman–Crippen MR) is 153 cm³/mol. The molecule has 3 aromatic rings. The number of amides is 3. The monoisotopic (exact) mass is 546 g/mol. The topological polar surface area (TPSA) is 91.0 Å². The Morgan fingerprint density at radius 1 is 0.900 bits per heavy atom. The van der Waals surface area contributed by atoms with Crippen LogP contribution < -0.4 is 20.3 Å². The van der Waals surface area contributed by atoms with E-state index in [9.17, 15) is 18.8 Å². The smallest absolute Gasteiger partial charge is 0.255 e. The average molecular weight is 547 g/mol. The van der Waals surface area contributed by atoms with Gasteiger partial charge in [0.2, 0.25) is 5.91 Å². The van der Waals surface area contributed by atoms with Gasteiger partial charge in [-0.15, -0.1) is 0 Å². The number of carbonyl (C=O) groups is 3. The van der Waals surface area contributed by atoms with Crippen molar-refractivity contribution in [2.45, 2.75) is 26.8 Å². The molecule has 1 aliphatic rings. The van der Waals surface area contributed by atoms with Gasteiger partial charge in [-0.05, 0) is 66.1 Å². The van der Waals surface area contributed by atoms with Gasteiger partial charge < -0.3 is 25.2 Å². The molecule has 1 fully saturated rings. The third-order valence-corrected chi connectivity index (χ3v) is 6.77. The maximum atomic E-state index is 13.4. The molecule has 9 heteroatoms. The lowest BCUT2D eigenvalue weighted by Gasteiger charge is -2.37. The maximum absolute atomic E-state index is 13.4. The number of hydrogen-bond donors (Lipinski definition) is 2. The van der Waals surface area contributed by atoms with Gasteiger partial charge in [-0.25, -0.2) is 4.39 Å². The van der Waals surface area contributed by atoms with Crippen LogP contribution in [0, 0.1) is 11.7 Å². The van der Waals surface area contributed by atoms with Crippen LogP contribution in [0.1, 0.15) is 46.5 Å². The van der Waals surface area contributed by atoms with E-state index < -0.39 is 0 Å². The zero-order valence-electron chi connectivity index (χ0n) is 23.1. The molecule has 0 bridgehead atoms. The number of hydrogen-bond acceptors (Lipinski definition) is 5. The van der Waals surface area contributed by atoms with Crippen molar-refractivity contribution in [3.8, 4) is 5.75 Å². The molecular weight excluding hydrogens is 511 g/mol. The molecule has 0 saturated carbocycles. The molecule has 0 unspecified atom stereocenters. The number of methoxy groups -OCH3 is 1. The molecular formula is C31H35FN4O4. The molecule has 1 aliphatic heterocycles. The van der Waals surface area contributed by atoms with E-state index in [1.807, 2.05) is 24.8 Å². The third-order valence-electron chi connectivity index (χ3n) is 6.77. The zero-order chi connectivity index (χ0) is 28.6. The van der Waals surface area contributed by atoms with Crippen LogP contribution in [0.2, 0.25) is 0 Å². The summed E-state index contributed by atoms with van der Waals surface area (Å²) in [5.74, 6) is 0.102. The summed E-state index contributed by atoms with van der Waals surface area (Å²) in [6.45, 7) is 6.58. The van der Waals surface area contributed by atoms with Gasteiger partial charge in [0, 0.05) is 56.1 Å². The maximum Gasteiger partial charge on any atom is 0.255 e. The predicted octanol–water partition coefficient (Wildman–Crippen LogP) is 4.71. The van der Waals surface area contributed by atoms with E-state index in [4.69, 9.17) is 4.74 Å². The summed E-state index contributed by atoms with van der Waals surface area (Å²) in [6.07, 6.45) is 0.514. The standard InChI is InChI=1S/C31H35FN4O4/c1-21(2)18-29(37)36-16-14-35(15-17-36)28-13-10-25(34-30(38)23-6-11-26(40-3)12-7-23)19-27(28)31(39)33-20-22-4-8-24(32)9-5-22/h4-13,19,21H,14-18,20H2,1-3H3,(H,33,39)(H,34,38). The molecule has 0 aliphatic carbocycles. The molecule has 1 saturated heterocycles. The minimum Gasteiger partial charge on any atom is -0.497 e. The summed E-state index contributed by atoms with van der Waals surface area (Å²) >= 11 is 0. The number of rotatable bonds is 9. The molecule has 0 spiro atoms. The first-order valence-corrected chi connectivity index (χ1v) is 13.4. The quantitative estimate of drug-likeness (QED) is 0.406. The van der Waals surface area contributed by atoms with E-state index >= 15 is 0 Å². The highest BCUT2D eigenvalue weighted by atomic mass is 19.1. The van der Waals surface area contributed by atoms with Gasteiger partial charge >= 0.3 is 0 Å². The second-order valence-electron chi connectivity index (χ2n) is 10.2. The minimum atomic E-state index is -0.344. The normalized spacial score (nSPS) is 13.2. The van der Waals surface area contributed by atoms with Gasteiger partial charge in [0.1, 0.15) is 11.6 Å². The zero-order valence-corrected chi connectivity index (χ0v) is 23.1. The SMILES string of the molecule is COc1ccc(C(=O)Nc2ccc(N3CCN(C(=O)CC(C)C)CC3)c(C(=O)NCc3ccc(F)cc3)c2)cc1. The van der Waals surface area contributed by atoms with Crippen molar-refractivity contribution < 1.29 is 23.5 Å². The van der Waals surface area contributed by atoms with E-state index in [-0.39, 0.29) is 30.1 Å². The Kier molecular flexibility index (Phi) is 9.37. The van der Waals surface area contributed by atoms with Crippen LogP contribution in [0.5, 0.6) is 5.75 Å². The first kappa shape index (κ1) is 28.6. The summed E-state index contributed by atoms with van der Waals surface area (Å²) in [5.41, 5.74) is 2.81. The average Bonchev–Trinajstić information content (AvgIpc) is 2.96. The van der Waals surface area contributed by atoms with Crippen LogP contribution in [-0.4, -0.2) is 55.9 Å². The highest BCUT2D eigenvalue weighted by Gasteiger charge is 2.25. The Morgan fingerprint density at radius 3 is 2.20 bits per heavy atom. The summed E-state index contributed by atoms with van der Waals surface area (Å²) in [4.78, 5) is 42.8. The number of nitrogens with zero attached hydrogens (tertiary/aromatic N) is 2. The Bertz CT molecular complexity index is 1330. The highest BCUT2D eigenvalue weighted by Crippen LogP contribution is 2.27. The molecule has 3 amide bonds. The van der Waals surface area contributed by atoms with Crippen molar-refractivity contribution >= 4 is 29.1 Å². The van der Waals surface area contributed by atoms with Crippen molar-refractivity contribution in [1.82, 2.24) is 10.2 Å². The van der Waals surface area contributed by atoms with Gasteiger partial charge in [-0.1, -0.05) is 26.0 Å². The Hall–Kier alpha value is -4.40. The van der Waals surface area contributed by atoms with Gasteiger partial charge in [0.15, 0.2) is 0 Å². The molecule has 210 valence electrons. The number of carbonyl (C=O) groups excluding carboxylic acids is 3. The van der Waals surface area contributed by atoms with Crippen molar-refractivity contribution in [3.63, 3.8) is 0 Å². The fraction of sp³-hybridized carbons (Fsp3) is 0.323. The van der Waals surface area contributed by atoms with Gasteiger partial charge in [-0.2, -0.15) is 0 Å². The number of anilines is 2. The van der Waals surface area contributed by atoms with Crippen molar-refractivity contribution in [3.05, 3.63) is 89.2 Å². The molecule has 8 nitrogen and oxygen atoms in total. The van der Waals surface area contributed by atoms with Crippen LogP contribution in [0.15, 0.2) is 66.7 Å². The van der Waals surface area contributed by atoms with E-state index in [0.717, 1.165) is 11.3 Å². The Morgan fingerprint density at radius 2 is 1.57 bits per heavy atom. The fourth-order valence-corrected chi connectivity index (χ4v) is 4.57. The van der Waals surface area contributed by atoms with Gasteiger partial charge in [0.05, 0.1) is 12.7 Å². The van der Waals surface area contributed by atoms with Crippen molar-refractivity contribution in [1.29, 1.82) is 0 Å². The number of benzene rings is 3. The first-order valence-electron chi connectivity index (χ1n) is 13.4. The number of ether oxygens (including phenoxy) is 1. The lowest BCUT2D eigenvalue weighted by molar-refractivity contribution is -0.132. The Labute approximate surface area is 234 Å². The van der Waals surface area contributed by atoms with Crippen LogP contribution in [0.25, 0.3) is 0 Å².